The molecule has 4 rings (SSSR count). The highest BCUT2D eigenvalue weighted by molar-refractivity contribution is 7.89. The number of hydrogen-bond donors (Lipinski definition) is 2. The quantitative estimate of drug-likeness (QED) is 0.630. The lowest BCUT2D eigenvalue weighted by Crippen LogP contribution is -2.36. The van der Waals surface area contributed by atoms with Crippen molar-refractivity contribution in [1.29, 1.82) is 0 Å². The second-order valence-electron chi connectivity index (χ2n) is 7.58. The number of carbonyl (C=O) groups excluding carboxylic acids is 1. The van der Waals surface area contributed by atoms with Gasteiger partial charge in [0.2, 0.25) is 10.0 Å². The summed E-state index contributed by atoms with van der Waals surface area (Å²) >= 11 is 0. The molecule has 0 aromatic heterocycles. The molecule has 0 aliphatic carbocycles. The Morgan fingerprint density at radius 2 is 1.97 bits per heavy atom. The van der Waals surface area contributed by atoms with Gasteiger partial charge in [-0.25, -0.2) is 18.7 Å². The van der Waals surface area contributed by atoms with Crippen molar-refractivity contribution >= 4 is 21.5 Å². The second kappa shape index (κ2) is 11.7. The second-order valence-corrected chi connectivity index (χ2v) is 9.52. The summed E-state index contributed by atoms with van der Waals surface area (Å²) in [5, 5.41) is 3.26. The lowest BCUT2D eigenvalue weighted by atomic mass is 10.0. The average molecular weight is 464 g/mol. The Labute approximate surface area is 190 Å². The van der Waals surface area contributed by atoms with Crippen LogP contribution in [-0.4, -0.2) is 57.7 Å². The van der Waals surface area contributed by atoms with Crippen molar-refractivity contribution in [3.63, 3.8) is 0 Å². The van der Waals surface area contributed by atoms with Gasteiger partial charge in [-0.15, -0.1) is 0 Å². The average Bonchev–Trinajstić information content (AvgIpc) is 3.37. The maximum atomic E-state index is 13.0. The SMILES string of the molecule is CC.O=C(NOC1CCCCO1)C1=CCN(S(=O)(=O)c2ccc(C3=CCNCC3)cc2)C1. The molecule has 0 spiro atoms. The van der Waals surface area contributed by atoms with Crippen LogP contribution >= 0.6 is 0 Å². The van der Waals surface area contributed by atoms with Crippen LogP contribution < -0.4 is 10.8 Å². The largest absolute Gasteiger partial charge is 0.350 e. The summed E-state index contributed by atoms with van der Waals surface area (Å²) in [7, 11) is -3.68. The number of carbonyl (C=O) groups is 1. The minimum absolute atomic E-state index is 0.0155. The summed E-state index contributed by atoms with van der Waals surface area (Å²) in [4.78, 5) is 17.8. The van der Waals surface area contributed by atoms with Gasteiger partial charge in [0.05, 0.1) is 4.90 Å². The third kappa shape index (κ3) is 6.05. The topological polar surface area (TPSA) is 97.0 Å². The summed E-state index contributed by atoms with van der Waals surface area (Å²) < 4.78 is 32.7. The fourth-order valence-electron chi connectivity index (χ4n) is 3.74. The van der Waals surface area contributed by atoms with Crippen LogP contribution in [0.15, 0.2) is 46.9 Å². The zero-order chi connectivity index (χ0) is 23.0. The van der Waals surface area contributed by atoms with Crippen molar-refractivity contribution in [3.05, 3.63) is 47.6 Å². The van der Waals surface area contributed by atoms with E-state index in [4.69, 9.17) is 9.57 Å². The van der Waals surface area contributed by atoms with Gasteiger partial charge < -0.3 is 10.1 Å². The van der Waals surface area contributed by atoms with Gasteiger partial charge in [-0.2, -0.15) is 4.31 Å². The Kier molecular flexibility index (Phi) is 9.01. The molecule has 9 heteroatoms. The van der Waals surface area contributed by atoms with Gasteiger partial charge in [0.1, 0.15) is 0 Å². The summed E-state index contributed by atoms with van der Waals surface area (Å²) in [6, 6.07) is 6.96. The first-order valence-corrected chi connectivity index (χ1v) is 12.7. The number of hydrogen-bond acceptors (Lipinski definition) is 6. The normalized spacial score (nSPS) is 21.8. The summed E-state index contributed by atoms with van der Waals surface area (Å²) in [5.74, 6) is -0.435. The van der Waals surface area contributed by atoms with Gasteiger partial charge in [0.25, 0.3) is 5.91 Å². The number of nitrogens with zero attached hydrogens (tertiary/aromatic N) is 1. The number of benzene rings is 1. The highest BCUT2D eigenvalue weighted by atomic mass is 32.2. The van der Waals surface area contributed by atoms with Gasteiger partial charge in [-0.05, 0) is 49.1 Å². The highest BCUT2D eigenvalue weighted by Gasteiger charge is 2.31. The molecular weight excluding hydrogens is 430 g/mol. The van der Waals surface area contributed by atoms with E-state index in [9.17, 15) is 13.2 Å². The van der Waals surface area contributed by atoms with Gasteiger partial charge >= 0.3 is 0 Å². The number of nitrogens with one attached hydrogen (secondary N) is 2. The van der Waals surface area contributed by atoms with E-state index in [1.165, 1.54) is 9.88 Å². The van der Waals surface area contributed by atoms with E-state index in [1.807, 2.05) is 26.0 Å². The van der Waals surface area contributed by atoms with Crippen LogP contribution in [0.5, 0.6) is 0 Å². The van der Waals surface area contributed by atoms with E-state index in [0.717, 1.165) is 44.3 Å². The number of rotatable bonds is 6. The standard InChI is InChI=1S/C21H27N3O5S.C2H6/c25-21(23-29-20-3-1-2-14-28-20)18-10-13-24(15-18)30(26,27)19-6-4-16(5-7-19)17-8-11-22-12-9-17;1-2/h4-8,10,20,22H,1-3,9,11-15H2,(H,23,25);1-2H3. The molecule has 8 nitrogen and oxygen atoms in total. The Morgan fingerprint density at radius 3 is 2.62 bits per heavy atom. The molecule has 0 saturated carbocycles. The van der Waals surface area contributed by atoms with Crippen LogP contribution in [0, 0.1) is 0 Å². The fraction of sp³-hybridized carbons (Fsp3) is 0.522. The van der Waals surface area contributed by atoms with E-state index in [0.29, 0.717) is 12.2 Å². The Morgan fingerprint density at radius 1 is 1.19 bits per heavy atom. The van der Waals surface area contributed by atoms with Gasteiger partial charge in [0, 0.05) is 38.2 Å². The summed E-state index contributed by atoms with van der Waals surface area (Å²) in [6.45, 7) is 6.54. The summed E-state index contributed by atoms with van der Waals surface area (Å²) in [6.07, 6.45) is 6.93. The molecule has 3 heterocycles. The van der Waals surface area contributed by atoms with E-state index >= 15 is 0 Å². The smallest absolute Gasteiger partial charge is 0.271 e. The van der Waals surface area contributed by atoms with Crippen LogP contribution in [-0.2, 0) is 24.4 Å². The van der Waals surface area contributed by atoms with Crippen molar-refractivity contribution in [3.8, 4) is 0 Å². The molecule has 1 saturated heterocycles. The minimum atomic E-state index is -3.68. The number of sulfonamides is 1. The van der Waals surface area contributed by atoms with Crippen LogP contribution in [0.3, 0.4) is 0 Å². The first kappa shape index (κ1) is 24.6. The molecule has 2 N–H and O–H groups in total. The zero-order valence-electron chi connectivity index (χ0n) is 18.8. The van der Waals surface area contributed by atoms with Crippen LogP contribution in [0.1, 0.15) is 45.1 Å². The molecule has 1 unspecified atom stereocenters. The predicted molar refractivity (Wildman–Crippen MR) is 123 cm³/mol. The van der Waals surface area contributed by atoms with Gasteiger partial charge in [0.15, 0.2) is 6.29 Å². The minimum Gasteiger partial charge on any atom is -0.350 e. The van der Waals surface area contributed by atoms with E-state index in [1.54, 1.807) is 18.2 Å². The number of amides is 1. The van der Waals surface area contributed by atoms with Crippen molar-refractivity contribution < 1.29 is 22.8 Å². The Balaban J connectivity index is 0.00000141. The first-order chi connectivity index (χ1) is 15.5. The lowest BCUT2D eigenvalue weighted by molar-refractivity contribution is -0.198. The van der Waals surface area contributed by atoms with Crippen molar-refractivity contribution in [2.75, 3.05) is 32.8 Å². The van der Waals surface area contributed by atoms with Crippen LogP contribution in [0.25, 0.3) is 5.57 Å². The van der Waals surface area contributed by atoms with Gasteiger partial charge in [-0.1, -0.05) is 38.1 Å². The predicted octanol–water partition coefficient (Wildman–Crippen LogP) is 2.59. The van der Waals surface area contributed by atoms with Gasteiger partial charge in [-0.3, -0.25) is 4.79 Å². The van der Waals surface area contributed by atoms with Crippen LogP contribution in [0.4, 0.5) is 0 Å². The molecule has 3 aliphatic rings. The molecule has 176 valence electrons. The van der Waals surface area contributed by atoms with E-state index in [2.05, 4.69) is 16.9 Å². The van der Waals surface area contributed by atoms with Crippen molar-refractivity contribution in [2.24, 2.45) is 0 Å². The third-order valence-corrected chi connectivity index (χ3v) is 7.35. The van der Waals surface area contributed by atoms with Crippen molar-refractivity contribution in [2.45, 2.75) is 50.7 Å². The molecule has 32 heavy (non-hydrogen) atoms. The monoisotopic (exact) mass is 463 g/mol. The Bertz CT molecular complexity index is 935. The van der Waals surface area contributed by atoms with Crippen LogP contribution in [0.2, 0.25) is 0 Å². The highest BCUT2D eigenvalue weighted by Crippen LogP contribution is 2.25. The van der Waals surface area contributed by atoms with Crippen molar-refractivity contribution in [1.82, 2.24) is 15.1 Å². The third-order valence-electron chi connectivity index (χ3n) is 5.53. The van der Waals surface area contributed by atoms with E-state index in [-0.39, 0.29) is 18.0 Å². The molecule has 3 aliphatic heterocycles. The first-order valence-electron chi connectivity index (χ1n) is 11.3. The lowest BCUT2D eigenvalue weighted by Gasteiger charge is -2.22. The maximum Gasteiger partial charge on any atom is 0.271 e. The van der Waals surface area contributed by atoms with E-state index < -0.39 is 22.2 Å². The zero-order valence-corrected chi connectivity index (χ0v) is 19.6. The molecule has 0 bridgehead atoms. The number of ether oxygens (including phenoxy) is 1. The number of hydroxylamine groups is 1. The molecule has 1 aromatic carbocycles. The molecule has 1 atom stereocenters. The molecular formula is C23H33N3O5S. The Hall–Kier alpha value is -2.04. The molecule has 1 fully saturated rings. The maximum absolute atomic E-state index is 13.0. The molecule has 0 radical (unpaired) electrons. The fourth-order valence-corrected chi connectivity index (χ4v) is 5.10. The summed E-state index contributed by atoms with van der Waals surface area (Å²) in [5.41, 5.74) is 5.01. The molecule has 1 aromatic rings. The molecule has 1 amide bonds.